The Morgan fingerprint density at radius 3 is 1.52 bits per heavy atom. The van der Waals surface area contributed by atoms with E-state index in [-0.39, 0.29) is 45.2 Å². The molecule has 2 atom stereocenters. The molecule has 3 fully saturated rings. The largest absolute Gasteiger partial charge is 0.494 e. The van der Waals surface area contributed by atoms with Gasteiger partial charge in [-0.05, 0) is 157 Å². The highest BCUT2D eigenvalue weighted by molar-refractivity contribution is 9.10. The molecule has 6 aromatic heterocycles. The van der Waals surface area contributed by atoms with Crippen molar-refractivity contribution >= 4 is 67.0 Å². The first-order valence-electron chi connectivity index (χ1n) is 29.0. The van der Waals surface area contributed by atoms with Gasteiger partial charge in [-0.25, -0.2) is 24.3 Å². The van der Waals surface area contributed by atoms with E-state index in [1.165, 1.54) is 0 Å². The monoisotopic (exact) mass is 1260 g/mol. The smallest absolute Gasteiger partial charge is 0.411 e. The minimum absolute atomic E-state index is 0.136. The van der Waals surface area contributed by atoms with Crippen LogP contribution in [0.4, 0.5) is 0 Å². The molecule has 8 aromatic rings. The minimum Gasteiger partial charge on any atom is -0.411 e. The SMILES string of the molecule is CC(C)(C)[Si](C)(C)OCc1cccc(-n2ncc3ccc(-c4cccc(C(N=[N+]=[N-])C5COC5)n4)cc32)n1.CC1(C)OB(c2ccc3cnn(-c4cccc(CO[Si](C)(C)C(C)(C)C)n4)c3c2)OC1(C)C.[N-]=[N+]=NC(c1cccc(Br)n1)C1COC1. The Bertz CT molecular complexity index is 3770. The molecule has 9 heterocycles. The van der Waals surface area contributed by atoms with Crippen molar-refractivity contribution in [3.8, 4) is 22.9 Å². The zero-order valence-corrected chi connectivity index (χ0v) is 55.4. The number of fused-ring (bicyclic) bond motifs is 2. The minimum atomic E-state index is -1.89. The predicted octanol–water partition coefficient (Wildman–Crippen LogP) is 15.1. The number of halogens is 1. The van der Waals surface area contributed by atoms with Gasteiger partial charge in [-0.1, -0.05) is 100 Å². The van der Waals surface area contributed by atoms with Crippen molar-refractivity contribution < 1.29 is 27.6 Å². The fourth-order valence-corrected chi connectivity index (χ4v) is 11.4. The van der Waals surface area contributed by atoms with Crippen LogP contribution in [-0.2, 0) is 40.8 Å². The van der Waals surface area contributed by atoms with Gasteiger partial charge in [-0.15, -0.1) is 0 Å². The number of benzene rings is 2. The van der Waals surface area contributed by atoms with Gasteiger partial charge in [0.25, 0.3) is 0 Å². The molecule has 0 aliphatic carbocycles. The van der Waals surface area contributed by atoms with Crippen molar-refractivity contribution in [2.45, 2.75) is 142 Å². The summed E-state index contributed by atoms with van der Waals surface area (Å²) in [6.45, 7) is 34.1. The lowest BCUT2D eigenvalue weighted by atomic mass is 9.79. The van der Waals surface area contributed by atoms with Crippen molar-refractivity contribution in [1.29, 1.82) is 0 Å². The second-order valence-electron chi connectivity index (χ2n) is 26.1. The van der Waals surface area contributed by atoms with Gasteiger partial charge in [0.1, 0.15) is 4.60 Å². The maximum absolute atomic E-state index is 9.08. The van der Waals surface area contributed by atoms with Crippen LogP contribution in [0.2, 0.25) is 36.3 Å². The maximum atomic E-state index is 9.08. The average Bonchev–Trinajstić information content (AvgIpc) is 1.91. The molecule has 450 valence electrons. The summed E-state index contributed by atoms with van der Waals surface area (Å²) in [5, 5.41) is 19.4. The number of pyridine rings is 4. The molecule has 0 radical (unpaired) electrons. The van der Waals surface area contributed by atoms with Crippen LogP contribution in [0, 0.1) is 11.8 Å². The molecule has 2 aromatic carbocycles. The Hall–Kier alpha value is -6.66. The average molecular weight is 1260 g/mol. The summed E-state index contributed by atoms with van der Waals surface area (Å²) in [5.74, 6) is 1.91. The fourth-order valence-electron chi connectivity index (χ4n) is 9.12. The van der Waals surface area contributed by atoms with E-state index in [0.29, 0.717) is 39.6 Å². The van der Waals surface area contributed by atoms with Crippen molar-refractivity contribution in [2.75, 3.05) is 26.4 Å². The van der Waals surface area contributed by atoms with Crippen molar-refractivity contribution in [1.82, 2.24) is 39.5 Å². The van der Waals surface area contributed by atoms with Crippen LogP contribution in [0.1, 0.15) is 104 Å². The Morgan fingerprint density at radius 2 is 1.07 bits per heavy atom. The summed E-state index contributed by atoms with van der Waals surface area (Å²) in [7, 11) is -4.16. The zero-order chi connectivity index (χ0) is 61.8. The number of hydrogen-bond donors (Lipinski definition) is 0. The van der Waals surface area contributed by atoms with E-state index in [1.54, 1.807) is 0 Å². The molecule has 0 saturated carbocycles. The summed E-state index contributed by atoms with van der Waals surface area (Å²) in [6.07, 6.45) is 3.71. The van der Waals surface area contributed by atoms with E-state index in [1.807, 2.05) is 113 Å². The third kappa shape index (κ3) is 14.5. The number of ether oxygens (including phenoxy) is 2. The van der Waals surface area contributed by atoms with Gasteiger partial charge in [0.05, 0.1) is 115 Å². The lowest BCUT2D eigenvalue weighted by Gasteiger charge is -2.36. The van der Waals surface area contributed by atoms with Crippen LogP contribution in [0.25, 0.3) is 65.6 Å². The molecule has 0 spiro atoms. The van der Waals surface area contributed by atoms with Gasteiger partial charge in [-0.3, -0.25) is 4.98 Å². The first-order chi connectivity index (χ1) is 40.7. The molecule has 24 heteroatoms. The van der Waals surface area contributed by atoms with Crippen LogP contribution in [0.3, 0.4) is 0 Å². The van der Waals surface area contributed by atoms with Crippen molar-refractivity contribution in [3.63, 3.8) is 0 Å². The highest BCUT2D eigenvalue weighted by Gasteiger charge is 2.52. The van der Waals surface area contributed by atoms with Crippen LogP contribution in [0.5, 0.6) is 0 Å². The summed E-state index contributed by atoms with van der Waals surface area (Å²) >= 11 is 3.29. The molecule has 0 N–H and O–H groups in total. The standard InChI is InChI=1S/C28H33N7O2Si.C25H36BN3O3Si.C9H9BrN4O/c1-28(2,3)38(4,5)37-18-22-8-6-11-26(31-22)35-25-14-19(12-13-20(25)15-30-35)23-9-7-10-24(32-23)27(33-34-29)21-16-36-17-21;1-23(2,3)33(8,9)30-17-20-11-10-12-22(28-20)29-21-15-19(14-13-18(21)16-27-29)26-31-24(4,5)25(6,7)32-26;10-8-3-1-2-7(12-8)9(13-14-11)6-4-15-5-6/h6-15,21,27H,16-18H2,1-5H3;10-16H,17H2,1-9H3;1-3,6,9H,4-5H2. The van der Waals surface area contributed by atoms with E-state index < -0.39 is 23.8 Å². The number of hydrogen-bond acceptors (Lipinski definition) is 14. The highest BCUT2D eigenvalue weighted by atomic mass is 79.9. The maximum Gasteiger partial charge on any atom is 0.494 e. The Labute approximate surface area is 514 Å². The molecule has 86 heavy (non-hydrogen) atoms. The molecule has 11 rings (SSSR count). The quantitative estimate of drug-likeness (QED) is 0.0288. The highest BCUT2D eigenvalue weighted by Crippen LogP contribution is 2.40. The normalized spacial score (nSPS) is 16.8. The molecule has 20 nitrogen and oxygen atoms in total. The molecule has 0 bridgehead atoms. The second kappa shape index (κ2) is 26.0. The van der Waals surface area contributed by atoms with Crippen LogP contribution in [0.15, 0.2) is 136 Å². The Balaban J connectivity index is 0.000000167. The third-order valence-corrected chi connectivity index (χ3v) is 26.9. The topological polar surface area (TPSA) is 240 Å². The van der Waals surface area contributed by atoms with Gasteiger partial charge >= 0.3 is 7.12 Å². The van der Waals surface area contributed by atoms with Gasteiger partial charge in [-0.2, -0.15) is 10.2 Å². The summed E-state index contributed by atoms with van der Waals surface area (Å²) < 4.78 is 40.2. The molecule has 2 unspecified atom stereocenters. The first-order valence-corrected chi connectivity index (χ1v) is 35.6. The summed E-state index contributed by atoms with van der Waals surface area (Å²) in [4.78, 5) is 24.8. The molecular formula is C62H78BBrN14O6Si2. The Kier molecular flexibility index (Phi) is 19.3. The van der Waals surface area contributed by atoms with Gasteiger partial charge in [0.2, 0.25) is 0 Å². The van der Waals surface area contributed by atoms with Crippen molar-refractivity contribution in [2.24, 2.45) is 22.1 Å². The fraction of sp³-hybridized carbons (Fsp3) is 0.452. The number of rotatable bonds is 16. The zero-order valence-electron chi connectivity index (χ0n) is 51.8. The van der Waals surface area contributed by atoms with Gasteiger partial charge < -0.3 is 27.6 Å². The molecule has 3 aliphatic heterocycles. The first kappa shape index (κ1) is 63.8. The van der Waals surface area contributed by atoms with Crippen LogP contribution >= 0.6 is 15.9 Å². The van der Waals surface area contributed by atoms with Crippen LogP contribution < -0.4 is 5.46 Å². The van der Waals surface area contributed by atoms with E-state index in [9.17, 15) is 0 Å². The number of aromatic nitrogens is 8. The molecule has 3 saturated heterocycles. The lowest BCUT2D eigenvalue weighted by molar-refractivity contribution is -0.0447. The Morgan fingerprint density at radius 1 is 0.616 bits per heavy atom. The van der Waals surface area contributed by atoms with Gasteiger partial charge in [0.15, 0.2) is 28.3 Å². The van der Waals surface area contributed by atoms with E-state index in [2.05, 4.69) is 165 Å². The number of nitrogens with zero attached hydrogens (tertiary/aromatic N) is 14. The van der Waals surface area contributed by atoms with E-state index in [4.69, 9.17) is 53.6 Å². The van der Waals surface area contributed by atoms with Gasteiger partial charge in [0, 0.05) is 38.0 Å². The molecule has 0 amide bonds. The molecule has 3 aliphatic rings. The summed E-state index contributed by atoms with van der Waals surface area (Å²) in [6, 6.07) is 35.1. The van der Waals surface area contributed by atoms with Crippen molar-refractivity contribution in [3.05, 3.63) is 170 Å². The third-order valence-electron chi connectivity index (χ3n) is 17.5. The van der Waals surface area contributed by atoms with Crippen LogP contribution in [-0.4, -0.2) is 101 Å². The lowest BCUT2D eigenvalue weighted by Crippen LogP contribution is -2.41. The predicted molar refractivity (Wildman–Crippen MR) is 345 cm³/mol. The second-order valence-corrected chi connectivity index (χ2v) is 36.5. The summed E-state index contributed by atoms with van der Waals surface area (Å²) in [5.41, 5.74) is 24.8. The molecular weight excluding hydrogens is 1180 g/mol. The van der Waals surface area contributed by atoms with E-state index in [0.717, 1.165) is 77.5 Å². The van der Waals surface area contributed by atoms with E-state index >= 15 is 0 Å². The number of azide groups is 2.